The highest BCUT2D eigenvalue weighted by atomic mass is 32.1. The molecular formula is C24H21N3O3S. The minimum atomic E-state index is -0.501. The average molecular weight is 432 g/mol. The van der Waals surface area contributed by atoms with Crippen LogP contribution >= 0.6 is 11.3 Å². The average Bonchev–Trinajstić information content (AvgIpc) is 3.31. The standard InChI is InChI=1S/C24H21N3O3S/c1-15-12-17-8-6-7-11-20(17)26(15)21(28)14-25-23-19(13-16(2)31-23)22(29)27(24(25)30)18-9-4-3-5-10-18/h3-11,13,15H,12,14H2,1-2H3. The number of thiophene rings is 1. The van der Waals surface area contributed by atoms with Crippen LogP contribution in [0.15, 0.2) is 70.3 Å². The van der Waals surface area contributed by atoms with E-state index in [4.69, 9.17) is 0 Å². The minimum absolute atomic E-state index is 0.0150. The molecule has 5 rings (SSSR count). The number of hydrogen-bond donors (Lipinski definition) is 0. The number of rotatable bonds is 3. The first-order valence-corrected chi connectivity index (χ1v) is 11.0. The van der Waals surface area contributed by atoms with Crippen LogP contribution in [-0.2, 0) is 17.8 Å². The van der Waals surface area contributed by atoms with Gasteiger partial charge in [0.15, 0.2) is 0 Å². The normalized spacial score (nSPS) is 15.4. The summed E-state index contributed by atoms with van der Waals surface area (Å²) in [7, 11) is 0. The van der Waals surface area contributed by atoms with E-state index >= 15 is 0 Å². The third-order valence-corrected chi connectivity index (χ3v) is 6.79. The summed E-state index contributed by atoms with van der Waals surface area (Å²) < 4.78 is 2.60. The summed E-state index contributed by atoms with van der Waals surface area (Å²) in [4.78, 5) is 43.2. The SMILES string of the molecule is Cc1cc2c(=O)n(-c3ccccc3)c(=O)n(CC(=O)N3c4ccccc4CC3C)c2s1. The maximum absolute atomic E-state index is 13.5. The second kappa shape index (κ2) is 7.35. The summed E-state index contributed by atoms with van der Waals surface area (Å²) in [6.07, 6.45) is 0.786. The lowest BCUT2D eigenvalue weighted by Crippen LogP contribution is -2.44. The van der Waals surface area contributed by atoms with Gasteiger partial charge in [-0.3, -0.25) is 14.2 Å². The Labute approximate surface area is 182 Å². The number of fused-ring (bicyclic) bond motifs is 2. The van der Waals surface area contributed by atoms with E-state index in [1.807, 2.05) is 44.2 Å². The van der Waals surface area contributed by atoms with Crippen molar-refractivity contribution in [2.75, 3.05) is 4.90 Å². The van der Waals surface area contributed by atoms with Gasteiger partial charge in [0.1, 0.15) is 11.4 Å². The molecule has 6 nitrogen and oxygen atoms in total. The van der Waals surface area contributed by atoms with Crippen molar-refractivity contribution in [2.24, 2.45) is 0 Å². The van der Waals surface area contributed by atoms with Crippen LogP contribution in [0, 0.1) is 6.92 Å². The third-order valence-electron chi connectivity index (χ3n) is 5.72. The van der Waals surface area contributed by atoms with E-state index in [-0.39, 0.29) is 24.1 Å². The number of carbonyl (C=O) groups is 1. The molecule has 3 heterocycles. The topological polar surface area (TPSA) is 64.3 Å². The number of hydrogen-bond acceptors (Lipinski definition) is 4. The fourth-order valence-electron chi connectivity index (χ4n) is 4.37. The Morgan fingerprint density at radius 3 is 2.55 bits per heavy atom. The van der Waals surface area contributed by atoms with Crippen molar-refractivity contribution in [3.8, 4) is 5.69 Å². The van der Waals surface area contributed by atoms with E-state index in [0.29, 0.717) is 15.9 Å². The van der Waals surface area contributed by atoms with Gasteiger partial charge in [0, 0.05) is 16.6 Å². The molecule has 4 aromatic rings. The van der Waals surface area contributed by atoms with Gasteiger partial charge in [-0.1, -0.05) is 36.4 Å². The molecule has 2 aromatic carbocycles. The lowest BCUT2D eigenvalue weighted by atomic mass is 10.1. The molecule has 1 atom stereocenters. The van der Waals surface area contributed by atoms with Crippen molar-refractivity contribution in [1.82, 2.24) is 9.13 Å². The van der Waals surface area contributed by atoms with Crippen LogP contribution in [0.5, 0.6) is 0 Å². The number of amides is 1. The Morgan fingerprint density at radius 2 is 1.77 bits per heavy atom. The second-order valence-corrected chi connectivity index (χ2v) is 9.10. The number of aryl methyl sites for hydroxylation is 1. The van der Waals surface area contributed by atoms with Gasteiger partial charge < -0.3 is 4.90 Å². The Morgan fingerprint density at radius 1 is 1.06 bits per heavy atom. The molecule has 0 saturated carbocycles. The number of aromatic nitrogens is 2. The smallest absolute Gasteiger partial charge is 0.307 e. The predicted molar refractivity (Wildman–Crippen MR) is 124 cm³/mol. The lowest BCUT2D eigenvalue weighted by molar-refractivity contribution is -0.119. The molecule has 0 spiro atoms. The molecule has 0 fully saturated rings. The summed E-state index contributed by atoms with van der Waals surface area (Å²) in [6, 6.07) is 18.5. The number of carbonyl (C=O) groups excluding carboxylic acids is 1. The van der Waals surface area contributed by atoms with Gasteiger partial charge in [-0.15, -0.1) is 11.3 Å². The van der Waals surface area contributed by atoms with Crippen molar-refractivity contribution in [3.05, 3.63) is 91.9 Å². The highest BCUT2D eigenvalue weighted by molar-refractivity contribution is 7.18. The molecule has 2 aromatic heterocycles. The highest BCUT2D eigenvalue weighted by Crippen LogP contribution is 2.32. The lowest BCUT2D eigenvalue weighted by Gasteiger charge is -2.23. The van der Waals surface area contributed by atoms with Gasteiger partial charge in [0.25, 0.3) is 5.56 Å². The molecule has 156 valence electrons. The first-order valence-electron chi connectivity index (χ1n) is 10.2. The monoisotopic (exact) mass is 431 g/mol. The van der Waals surface area contributed by atoms with Crippen molar-refractivity contribution in [3.63, 3.8) is 0 Å². The van der Waals surface area contributed by atoms with Gasteiger partial charge in [-0.2, -0.15) is 0 Å². The molecule has 0 bridgehead atoms. The van der Waals surface area contributed by atoms with Crippen LogP contribution in [0.25, 0.3) is 15.9 Å². The molecule has 1 aliphatic heterocycles. The zero-order chi connectivity index (χ0) is 21.7. The number of para-hydroxylation sites is 2. The maximum atomic E-state index is 13.5. The minimum Gasteiger partial charge on any atom is -0.307 e. The van der Waals surface area contributed by atoms with Gasteiger partial charge in [-0.05, 0) is 50.1 Å². The molecule has 0 N–H and O–H groups in total. The summed E-state index contributed by atoms with van der Waals surface area (Å²) in [5.41, 5.74) is 1.65. The number of anilines is 1. The van der Waals surface area contributed by atoms with Crippen LogP contribution in [0.1, 0.15) is 17.4 Å². The van der Waals surface area contributed by atoms with Crippen molar-refractivity contribution >= 4 is 33.1 Å². The van der Waals surface area contributed by atoms with Gasteiger partial charge in [0.2, 0.25) is 5.91 Å². The van der Waals surface area contributed by atoms with E-state index in [1.54, 1.807) is 35.2 Å². The van der Waals surface area contributed by atoms with E-state index in [2.05, 4.69) is 0 Å². The van der Waals surface area contributed by atoms with Crippen LogP contribution in [0.2, 0.25) is 0 Å². The third kappa shape index (κ3) is 3.13. The van der Waals surface area contributed by atoms with E-state index in [0.717, 1.165) is 27.1 Å². The van der Waals surface area contributed by atoms with Crippen molar-refractivity contribution in [2.45, 2.75) is 32.9 Å². The largest absolute Gasteiger partial charge is 0.337 e. The molecule has 0 saturated heterocycles. The maximum Gasteiger partial charge on any atom is 0.337 e. The first-order chi connectivity index (χ1) is 15.0. The summed E-state index contributed by atoms with van der Waals surface area (Å²) in [5, 5.41) is 0.452. The Balaban J connectivity index is 1.66. The molecule has 31 heavy (non-hydrogen) atoms. The molecular weight excluding hydrogens is 410 g/mol. The molecule has 1 amide bonds. The van der Waals surface area contributed by atoms with Crippen molar-refractivity contribution < 1.29 is 4.79 Å². The van der Waals surface area contributed by atoms with E-state index < -0.39 is 5.69 Å². The molecule has 7 heteroatoms. The number of nitrogens with zero attached hydrogens (tertiary/aromatic N) is 3. The zero-order valence-electron chi connectivity index (χ0n) is 17.2. The Hall–Kier alpha value is -3.45. The van der Waals surface area contributed by atoms with Gasteiger partial charge in [-0.25, -0.2) is 9.36 Å². The molecule has 1 aliphatic rings. The van der Waals surface area contributed by atoms with Crippen LogP contribution in [0.3, 0.4) is 0 Å². The van der Waals surface area contributed by atoms with E-state index in [1.165, 1.54) is 15.9 Å². The fraction of sp³-hybridized carbons (Fsp3) is 0.208. The molecule has 1 unspecified atom stereocenters. The van der Waals surface area contributed by atoms with Crippen LogP contribution in [0.4, 0.5) is 5.69 Å². The van der Waals surface area contributed by atoms with Crippen molar-refractivity contribution in [1.29, 1.82) is 0 Å². The second-order valence-electron chi connectivity index (χ2n) is 7.87. The summed E-state index contributed by atoms with van der Waals surface area (Å²) in [6.45, 7) is 3.78. The quantitative estimate of drug-likeness (QED) is 0.499. The summed E-state index contributed by atoms with van der Waals surface area (Å²) >= 11 is 1.36. The summed E-state index contributed by atoms with van der Waals surface area (Å²) in [5.74, 6) is -0.162. The van der Waals surface area contributed by atoms with Crippen LogP contribution in [-0.4, -0.2) is 21.1 Å². The predicted octanol–water partition coefficient (Wildman–Crippen LogP) is 3.50. The van der Waals surface area contributed by atoms with Crippen LogP contribution < -0.4 is 16.1 Å². The van der Waals surface area contributed by atoms with E-state index in [9.17, 15) is 14.4 Å². The molecule has 0 radical (unpaired) electrons. The molecule has 0 aliphatic carbocycles. The van der Waals surface area contributed by atoms with Gasteiger partial charge >= 0.3 is 5.69 Å². The first kappa shape index (κ1) is 19.5. The zero-order valence-corrected chi connectivity index (χ0v) is 18.1. The Kier molecular flexibility index (Phi) is 4.63. The Bertz CT molecular complexity index is 1430. The fourth-order valence-corrected chi connectivity index (χ4v) is 5.36. The number of benzene rings is 2. The van der Waals surface area contributed by atoms with Gasteiger partial charge in [0.05, 0.1) is 11.1 Å². The highest BCUT2D eigenvalue weighted by Gasteiger charge is 2.31.